The van der Waals surface area contributed by atoms with E-state index in [4.69, 9.17) is 22.6 Å². The first-order valence-electron chi connectivity index (χ1n) is 5.29. The van der Waals surface area contributed by atoms with Crippen molar-refractivity contribution >= 4 is 28.8 Å². The number of aryl methyl sites for hydroxylation is 1. The van der Waals surface area contributed by atoms with Crippen LogP contribution in [-0.4, -0.2) is 4.98 Å². The zero-order valence-corrected chi connectivity index (χ0v) is 10.5. The van der Waals surface area contributed by atoms with Gasteiger partial charge in [0.15, 0.2) is 0 Å². The number of anilines is 3. The Kier molecular flexibility index (Phi) is 3.35. The highest BCUT2D eigenvalue weighted by Gasteiger charge is 2.04. The molecule has 0 aliphatic heterocycles. The lowest BCUT2D eigenvalue weighted by Crippen LogP contribution is -1.97. The van der Waals surface area contributed by atoms with Crippen LogP contribution in [0.1, 0.15) is 11.3 Å². The average Bonchev–Trinajstić information content (AvgIpc) is 2.33. The molecule has 1 aromatic heterocycles. The quantitative estimate of drug-likeness (QED) is 0.811. The number of nitrogens with one attached hydrogen (secondary N) is 1. The van der Waals surface area contributed by atoms with Crippen molar-refractivity contribution in [2.24, 2.45) is 0 Å². The number of hydrogen-bond donors (Lipinski definition) is 2. The van der Waals surface area contributed by atoms with Gasteiger partial charge in [0, 0.05) is 11.4 Å². The molecular weight excluding hydrogens is 248 g/mol. The Hall–Kier alpha value is -2.25. The van der Waals surface area contributed by atoms with Gasteiger partial charge in [0.25, 0.3) is 0 Å². The van der Waals surface area contributed by atoms with Crippen LogP contribution < -0.4 is 11.1 Å². The van der Waals surface area contributed by atoms with Crippen LogP contribution in [0, 0.1) is 18.3 Å². The number of nitrogens with two attached hydrogens (primary N) is 1. The van der Waals surface area contributed by atoms with E-state index in [2.05, 4.69) is 16.4 Å². The molecule has 4 nitrogen and oxygen atoms in total. The molecule has 0 saturated carbocycles. The van der Waals surface area contributed by atoms with Crippen LogP contribution in [0.3, 0.4) is 0 Å². The van der Waals surface area contributed by atoms with Gasteiger partial charge in [-0.05, 0) is 37.3 Å². The van der Waals surface area contributed by atoms with Crippen molar-refractivity contribution in [2.75, 3.05) is 11.1 Å². The largest absolute Gasteiger partial charge is 0.399 e. The number of halogens is 1. The first kappa shape index (κ1) is 12.2. The number of rotatable bonds is 2. The molecule has 0 atom stereocenters. The van der Waals surface area contributed by atoms with Crippen molar-refractivity contribution < 1.29 is 0 Å². The topological polar surface area (TPSA) is 74.7 Å². The molecule has 0 aliphatic rings. The molecule has 0 unspecified atom stereocenters. The van der Waals surface area contributed by atoms with Gasteiger partial charge in [-0.25, -0.2) is 4.98 Å². The minimum atomic E-state index is 0.546. The molecule has 2 aromatic rings. The molecule has 18 heavy (non-hydrogen) atoms. The third-order valence-electron chi connectivity index (χ3n) is 2.34. The van der Waals surface area contributed by atoms with E-state index >= 15 is 0 Å². The van der Waals surface area contributed by atoms with Crippen molar-refractivity contribution in [3.63, 3.8) is 0 Å². The summed E-state index contributed by atoms with van der Waals surface area (Å²) in [4.78, 5) is 4.29. The van der Waals surface area contributed by atoms with Crippen LogP contribution in [0.5, 0.6) is 0 Å². The lowest BCUT2D eigenvalue weighted by Gasteiger charge is -2.09. The number of nitrogen functional groups attached to an aromatic ring is 1. The maximum absolute atomic E-state index is 8.90. The summed E-state index contributed by atoms with van der Waals surface area (Å²) in [6.45, 7) is 1.83. The van der Waals surface area contributed by atoms with Crippen LogP contribution in [0.2, 0.25) is 5.02 Å². The normalized spacial score (nSPS) is 9.83. The van der Waals surface area contributed by atoms with Gasteiger partial charge < -0.3 is 11.1 Å². The van der Waals surface area contributed by atoms with Crippen molar-refractivity contribution in [1.29, 1.82) is 5.26 Å². The fourth-order valence-corrected chi connectivity index (χ4v) is 1.74. The van der Waals surface area contributed by atoms with E-state index in [0.717, 1.165) is 5.69 Å². The first-order chi connectivity index (χ1) is 8.58. The van der Waals surface area contributed by atoms with E-state index in [9.17, 15) is 0 Å². The second-order valence-electron chi connectivity index (χ2n) is 3.86. The van der Waals surface area contributed by atoms with Crippen LogP contribution in [-0.2, 0) is 0 Å². The Morgan fingerprint density at radius 3 is 2.83 bits per heavy atom. The molecule has 2 rings (SSSR count). The smallest absolute Gasteiger partial charge is 0.131 e. The van der Waals surface area contributed by atoms with E-state index in [-0.39, 0.29) is 0 Å². The lowest BCUT2D eigenvalue weighted by atomic mass is 10.2. The Bertz CT molecular complexity index is 631. The van der Waals surface area contributed by atoms with Crippen LogP contribution >= 0.6 is 11.6 Å². The van der Waals surface area contributed by atoms with Gasteiger partial charge in [-0.2, -0.15) is 5.26 Å². The lowest BCUT2D eigenvalue weighted by molar-refractivity contribution is 1.19. The summed E-state index contributed by atoms with van der Waals surface area (Å²) >= 11 is 6.05. The van der Waals surface area contributed by atoms with Crippen molar-refractivity contribution in [2.45, 2.75) is 6.92 Å². The molecule has 5 heteroatoms. The summed E-state index contributed by atoms with van der Waals surface area (Å²) in [6, 6.07) is 10.6. The van der Waals surface area contributed by atoms with Gasteiger partial charge in [-0.15, -0.1) is 0 Å². The van der Waals surface area contributed by atoms with E-state index in [1.807, 2.05) is 6.92 Å². The molecule has 0 aliphatic carbocycles. The molecule has 3 N–H and O–H groups in total. The fourth-order valence-electron chi connectivity index (χ4n) is 1.57. The molecule has 1 heterocycles. The number of pyridine rings is 1. The molecule has 0 amide bonds. The Balaban J connectivity index is 2.37. The van der Waals surface area contributed by atoms with Gasteiger partial charge in [0.2, 0.25) is 0 Å². The third-order valence-corrected chi connectivity index (χ3v) is 2.67. The Morgan fingerprint density at radius 1 is 1.33 bits per heavy atom. The summed E-state index contributed by atoms with van der Waals surface area (Å²) in [5, 5.41) is 12.5. The highest BCUT2D eigenvalue weighted by molar-refractivity contribution is 6.33. The molecule has 0 radical (unpaired) electrons. The fraction of sp³-hybridized carbons (Fsp3) is 0.0769. The third kappa shape index (κ3) is 2.70. The number of nitriles is 1. The summed E-state index contributed by atoms with van der Waals surface area (Å²) in [5.41, 5.74) is 8.27. The van der Waals surface area contributed by atoms with Crippen molar-refractivity contribution in [1.82, 2.24) is 4.98 Å². The predicted molar refractivity (Wildman–Crippen MR) is 72.8 cm³/mol. The zero-order chi connectivity index (χ0) is 13.1. The van der Waals surface area contributed by atoms with Crippen molar-refractivity contribution in [3.8, 4) is 6.07 Å². The van der Waals surface area contributed by atoms with Crippen LogP contribution in [0.25, 0.3) is 0 Å². The second-order valence-corrected chi connectivity index (χ2v) is 4.27. The molecule has 90 valence electrons. The van der Waals surface area contributed by atoms with E-state index in [1.54, 1.807) is 30.3 Å². The Morgan fingerprint density at radius 2 is 2.11 bits per heavy atom. The van der Waals surface area contributed by atoms with Gasteiger partial charge in [0.1, 0.15) is 5.82 Å². The standard InChI is InChI=1S/C13H11ClN4/c1-8-4-9(7-15)5-13(17-8)18-12-6-10(16)2-3-11(12)14/h2-6H,16H2,1H3,(H,17,18). The van der Waals surface area contributed by atoms with Gasteiger partial charge in [0.05, 0.1) is 22.3 Å². The van der Waals surface area contributed by atoms with Gasteiger partial charge in [-0.3, -0.25) is 0 Å². The predicted octanol–water partition coefficient (Wildman–Crippen LogP) is 3.24. The minimum absolute atomic E-state index is 0.546. The monoisotopic (exact) mass is 258 g/mol. The summed E-state index contributed by atoms with van der Waals surface area (Å²) in [7, 11) is 0. The molecule has 0 spiro atoms. The maximum atomic E-state index is 8.90. The number of nitrogens with zero attached hydrogens (tertiary/aromatic N) is 2. The maximum Gasteiger partial charge on any atom is 0.131 e. The zero-order valence-electron chi connectivity index (χ0n) is 9.74. The second kappa shape index (κ2) is 4.94. The van der Waals surface area contributed by atoms with Crippen LogP contribution in [0.4, 0.5) is 17.2 Å². The average molecular weight is 259 g/mol. The number of aromatic nitrogens is 1. The Labute approximate surface area is 110 Å². The summed E-state index contributed by atoms with van der Waals surface area (Å²) in [6.07, 6.45) is 0. The summed E-state index contributed by atoms with van der Waals surface area (Å²) in [5.74, 6) is 0.569. The van der Waals surface area contributed by atoms with Gasteiger partial charge >= 0.3 is 0 Å². The molecular formula is C13H11ClN4. The van der Waals surface area contributed by atoms with E-state index in [0.29, 0.717) is 27.8 Å². The van der Waals surface area contributed by atoms with Crippen LogP contribution in [0.15, 0.2) is 30.3 Å². The van der Waals surface area contributed by atoms with E-state index < -0.39 is 0 Å². The minimum Gasteiger partial charge on any atom is -0.399 e. The molecule has 0 bridgehead atoms. The number of benzene rings is 1. The molecule has 1 aromatic carbocycles. The molecule has 0 saturated heterocycles. The summed E-state index contributed by atoms with van der Waals surface area (Å²) < 4.78 is 0. The number of hydrogen-bond acceptors (Lipinski definition) is 4. The SMILES string of the molecule is Cc1cc(C#N)cc(Nc2cc(N)ccc2Cl)n1. The van der Waals surface area contributed by atoms with E-state index in [1.165, 1.54) is 0 Å². The highest BCUT2D eigenvalue weighted by Crippen LogP contribution is 2.27. The molecule has 0 fully saturated rings. The van der Waals surface area contributed by atoms with Crippen molar-refractivity contribution in [3.05, 3.63) is 46.6 Å². The highest BCUT2D eigenvalue weighted by atomic mass is 35.5. The van der Waals surface area contributed by atoms with Gasteiger partial charge in [-0.1, -0.05) is 11.6 Å². The first-order valence-corrected chi connectivity index (χ1v) is 5.67.